The molecule has 23 heavy (non-hydrogen) atoms. The minimum atomic E-state index is -1.02. The van der Waals surface area contributed by atoms with Crippen LogP contribution in [0, 0.1) is 0 Å². The number of unbranched alkanes of at least 4 members (excludes halogenated alkanes) is 5. The van der Waals surface area contributed by atoms with E-state index in [1.54, 1.807) is 27.1 Å². The zero-order chi connectivity index (χ0) is 17.7. The van der Waals surface area contributed by atoms with Crippen LogP contribution < -0.4 is 0 Å². The molecule has 0 fully saturated rings. The molecule has 0 aromatic rings. The van der Waals surface area contributed by atoms with Crippen LogP contribution in [-0.2, 0) is 14.3 Å². The Morgan fingerprint density at radius 1 is 1.00 bits per heavy atom. The van der Waals surface area contributed by atoms with Gasteiger partial charge in [-0.1, -0.05) is 39.0 Å². The number of carboxylic acid groups (broad SMARTS) is 1. The molecule has 1 N–H and O–H groups in total. The Hall–Kier alpha value is -1.78. The van der Waals surface area contributed by atoms with E-state index in [2.05, 4.69) is 6.92 Å². The maximum absolute atomic E-state index is 12.0. The number of aliphatic carboxylic acids is 1. The highest BCUT2D eigenvalue weighted by Gasteiger charge is 2.12. The molecule has 0 saturated carbocycles. The molecule has 0 atom stereocenters. The molecule has 5 heteroatoms. The van der Waals surface area contributed by atoms with E-state index in [1.807, 2.05) is 0 Å². The second-order valence-corrected chi connectivity index (χ2v) is 5.68. The fourth-order valence-corrected chi connectivity index (χ4v) is 2.16. The molecule has 0 saturated heterocycles. The summed E-state index contributed by atoms with van der Waals surface area (Å²) in [7, 11) is 3.32. The van der Waals surface area contributed by atoms with Gasteiger partial charge < -0.3 is 14.7 Å². The number of hydrogen-bond acceptors (Lipinski definition) is 4. The molecule has 0 aliphatic heterocycles. The van der Waals surface area contributed by atoms with E-state index in [-0.39, 0.29) is 11.7 Å². The average Bonchev–Trinajstić information content (AvgIpc) is 2.48. The lowest BCUT2D eigenvalue weighted by molar-refractivity contribution is -0.138. The van der Waals surface area contributed by atoms with Crippen molar-refractivity contribution >= 4 is 11.9 Å². The van der Waals surface area contributed by atoms with Gasteiger partial charge in [-0.25, -0.2) is 9.59 Å². The predicted molar refractivity (Wildman–Crippen MR) is 92.1 cm³/mol. The van der Waals surface area contributed by atoms with Crippen LogP contribution in [0.3, 0.4) is 0 Å². The van der Waals surface area contributed by atoms with Crippen molar-refractivity contribution in [1.82, 2.24) is 4.90 Å². The number of ether oxygens (including phenoxy) is 1. The molecule has 0 unspecified atom stereocenters. The molecule has 0 aromatic carbocycles. The Balaban J connectivity index is 4.80. The molecule has 0 spiro atoms. The SMILES string of the molecule is CCCCCCCCC(=CC=C(C(=O)O)N(C)C)C(=O)OCC. The van der Waals surface area contributed by atoms with Gasteiger partial charge in [0.25, 0.3) is 0 Å². The first-order valence-corrected chi connectivity index (χ1v) is 8.42. The van der Waals surface area contributed by atoms with Gasteiger partial charge in [-0.05, 0) is 31.9 Å². The number of allylic oxidation sites excluding steroid dienone is 2. The standard InChI is InChI=1S/C18H31NO4/c1-5-7-8-9-10-11-12-15(18(22)23-6-2)13-14-16(17(20)21)19(3)4/h13-14H,5-12H2,1-4H3,(H,20,21). The van der Waals surface area contributed by atoms with Crippen LogP contribution in [0.2, 0.25) is 0 Å². The van der Waals surface area contributed by atoms with Gasteiger partial charge in [0.15, 0.2) is 0 Å². The second kappa shape index (κ2) is 12.7. The molecule has 5 nitrogen and oxygen atoms in total. The molecular formula is C18H31NO4. The van der Waals surface area contributed by atoms with Crippen molar-refractivity contribution in [3.63, 3.8) is 0 Å². The summed E-state index contributed by atoms with van der Waals surface area (Å²) >= 11 is 0. The van der Waals surface area contributed by atoms with Crippen LogP contribution in [0.25, 0.3) is 0 Å². The molecule has 0 bridgehead atoms. The van der Waals surface area contributed by atoms with Crippen molar-refractivity contribution in [2.75, 3.05) is 20.7 Å². The molecule has 0 rings (SSSR count). The van der Waals surface area contributed by atoms with Crippen molar-refractivity contribution in [3.05, 3.63) is 23.4 Å². The zero-order valence-electron chi connectivity index (χ0n) is 14.9. The number of carboxylic acids is 1. The van der Waals surface area contributed by atoms with Gasteiger partial charge in [-0.15, -0.1) is 0 Å². The number of likely N-dealkylation sites (N-methyl/N-ethyl adjacent to an activating group) is 1. The smallest absolute Gasteiger partial charge is 0.352 e. The molecule has 0 heterocycles. The maximum atomic E-state index is 12.0. The van der Waals surface area contributed by atoms with Crippen LogP contribution in [-0.4, -0.2) is 42.6 Å². The highest BCUT2D eigenvalue weighted by atomic mass is 16.5. The van der Waals surface area contributed by atoms with E-state index < -0.39 is 5.97 Å². The molecule has 0 aliphatic carbocycles. The third kappa shape index (κ3) is 9.76. The van der Waals surface area contributed by atoms with E-state index in [4.69, 9.17) is 9.84 Å². The van der Waals surface area contributed by atoms with Crippen LogP contribution in [0.5, 0.6) is 0 Å². The summed E-state index contributed by atoms with van der Waals surface area (Å²) in [6, 6.07) is 0. The van der Waals surface area contributed by atoms with E-state index in [0.717, 1.165) is 19.3 Å². The van der Waals surface area contributed by atoms with Crippen LogP contribution in [0.15, 0.2) is 23.4 Å². The quantitative estimate of drug-likeness (QED) is 0.256. The summed E-state index contributed by atoms with van der Waals surface area (Å²) in [5.41, 5.74) is 0.665. The third-order valence-corrected chi connectivity index (χ3v) is 3.48. The molecule has 132 valence electrons. The zero-order valence-corrected chi connectivity index (χ0v) is 14.9. The van der Waals surface area contributed by atoms with Crippen molar-refractivity contribution in [1.29, 1.82) is 0 Å². The van der Waals surface area contributed by atoms with Crippen molar-refractivity contribution < 1.29 is 19.4 Å². The molecule has 0 aliphatic rings. The Kier molecular flexibility index (Phi) is 11.7. The van der Waals surface area contributed by atoms with Gasteiger partial charge in [0.2, 0.25) is 0 Å². The summed E-state index contributed by atoms with van der Waals surface area (Å²) < 4.78 is 5.06. The number of carbonyl (C=O) groups is 2. The van der Waals surface area contributed by atoms with E-state index >= 15 is 0 Å². The summed E-state index contributed by atoms with van der Waals surface area (Å²) in [6.07, 6.45) is 10.5. The number of hydrogen-bond donors (Lipinski definition) is 1. The van der Waals surface area contributed by atoms with Crippen molar-refractivity contribution in [2.24, 2.45) is 0 Å². The number of carbonyl (C=O) groups excluding carboxylic acids is 1. The van der Waals surface area contributed by atoms with E-state index in [0.29, 0.717) is 18.6 Å². The topological polar surface area (TPSA) is 66.8 Å². The predicted octanol–water partition coefficient (Wildman–Crippen LogP) is 3.76. The number of rotatable bonds is 12. The first-order valence-electron chi connectivity index (χ1n) is 8.42. The molecule has 0 radical (unpaired) electrons. The molecule has 0 aromatic heterocycles. The van der Waals surface area contributed by atoms with Crippen LogP contribution in [0.1, 0.15) is 58.8 Å². The number of nitrogens with zero attached hydrogens (tertiary/aromatic N) is 1. The van der Waals surface area contributed by atoms with Gasteiger partial charge >= 0.3 is 11.9 Å². The largest absolute Gasteiger partial charge is 0.477 e. The highest BCUT2D eigenvalue weighted by molar-refractivity contribution is 5.90. The highest BCUT2D eigenvalue weighted by Crippen LogP contribution is 2.14. The Bertz CT molecular complexity index is 425. The Labute approximate surface area is 140 Å². The third-order valence-electron chi connectivity index (χ3n) is 3.48. The lowest BCUT2D eigenvalue weighted by atomic mass is 10.0. The lowest BCUT2D eigenvalue weighted by Gasteiger charge is -2.12. The van der Waals surface area contributed by atoms with Crippen LogP contribution >= 0.6 is 0 Å². The van der Waals surface area contributed by atoms with Gasteiger partial charge in [0.05, 0.1) is 6.61 Å². The minimum absolute atomic E-state index is 0.134. The summed E-state index contributed by atoms with van der Waals surface area (Å²) in [5.74, 6) is -1.38. The van der Waals surface area contributed by atoms with Crippen molar-refractivity contribution in [3.8, 4) is 0 Å². The van der Waals surface area contributed by atoms with E-state index in [1.165, 1.54) is 30.2 Å². The number of esters is 1. The summed E-state index contributed by atoms with van der Waals surface area (Å²) in [6.45, 7) is 4.26. The van der Waals surface area contributed by atoms with E-state index in [9.17, 15) is 9.59 Å². The Morgan fingerprint density at radius 3 is 2.13 bits per heavy atom. The normalized spacial score (nSPS) is 12.2. The van der Waals surface area contributed by atoms with Gasteiger partial charge in [0.1, 0.15) is 5.70 Å². The lowest BCUT2D eigenvalue weighted by Crippen LogP contribution is -2.18. The second-order valence-electron chi connectivity index (χ2n) is 5.68. The van der Waals surface area contributed by atoms with Gasteiger partial charge in [-0.3, -0.25) is 0 Å². The molecular weight excluding hydrogens is 294 g/mol. The monoisotopic (exact) mass is 325 g/mol. The molecule has 0 amide bonds. The van der Waals surface area contributed by atoms with Crippen LogP contribution in [0.4, 0.5) is 0 Å². The fraction of sp³-hybridized carbons (Fsp3) is 0.667. The average molecular weight is 325 g/mol. The van der Waals surface area contributed by atoms with Gasteiger partial charge in [0, 0.05) is 19.7 Å². The first-order chi connectivity index (χ1) is 10.9. The minimum Gasteiger partial charge on any atom is -0.477 e. The fourth-order valence-electron chi connectivity index (χ4n) is 2.16. The summed E-state index contributed by atoms with van der Waals surface area (Å²) in [5, 5.41) is 9.14. The maximum Gasteiger partial charge on any atom is 0.352 e. The van der Waals surface area contributed by atoms with Crippen molar-refractivity contribution in [2.45, 2.75) is 58.8 Å². The Morgan fingerprint density at radius 2 is 1.61 bits per heavy atom. The summed E-state index contributed by atoms with van der Waals surface area (Å²) in [4.78, 5) is 24.6. The van der Waals surface area contributed by atoms with Gasteiger partial charge in [-0.2, -0.15) is 0 Å². The first kappa shape index (κ1) is 21.2.